The predicted octanol–water partition coefficient (Wildman–Crippen LogP) is 4.54. The fourth-order valence-corrected chi connectivity index (χ4v) is 4.87. The Kier molecular flexibility index (Phi) is 8.51. The van der Waals surface area contributed by atoms with Gasteiger partial charge in [-0.25, -0.2) is 13.2 Å². The zero-order chi connectivity index (χ0) is 22.1. The second kappa shape index (κ2) is 11.3. The topological polar surface area (TPSA) is 72.9 Å². The lowest BCUT2D eigenvalue weighted by Crippen LogP contribution is -2.31. The van der Waals surface area contributed by atoms with Crippen LogP contribution in [0.2, 0.25) is 5.02 Å². The van der Waals surface area contributed by atoms with E-state index in [1.54, 1.807) is 58.9 Å². The van der Waals surface area contributed by atoms with Gasteiger partial charge < -0.3 is 9.47 Å². The molecule has 8 heteroatoms. The highest BCUT2D eigenvalue weighted by Crippen LogP contribution is 2.21. The predicted molar refractivity (Wildman–Crippen MR) is 121 cm³/mol. The van der Waals surface area contributed by atoms with E-state index in [0.717, 1.165) is 25.7 Å². The van der Waals surface area contributed by atoms with Crippen molar-refractivity contribution in [2.24, 2.45) is 0 Å². The van der Waals surface area contributed by atoms with E-state index in [9.17, 15) is 13.2 Å². The van der Waals surface area contributed by atoms with Crippen molar-refractivity contribution in [3.63, 3.8) is 0 Å². The van der Waals surface area contributed by atoms with Crippen LogP contribution in [0.3, 0.4) is 0 Å². The molecule has 6 nitrogen and oxygen atoms in total. The molecule has 0 amide bonds. The van der Waals surface area contributed by atoms with Crippen LogP contribution in [-0.2, 0) is 19.6 Å². The van der Waals surface area contributed by atoms with Gasteiger partial charge in [0.25, 0.3) is 0 Å². The molecule has 0 aliphatic carbocycles. The first-order chi connectivity index (χ1) is 14.9. The lowest BCUT2D eigenvalue weighted by atomic mass is 10.2. The zero-order valence-electron chi connectivity index (χ0n) is 17.2. The van der Waals surface area contributed by atoms with Gasteiger partial charge >= 0.3 is 5.97 Å². The molecule has 1 aliphatic heterocycles. The molecule has 1 heterocycles. The maximum absolute atomic E-state index is 12.8. The van der Waals surface area contributed by atoms with Crippen LogP contribution >= 0.6 is 11.6 Å². The summed E-state index contributed by atoms with van der Waals surface area (Å²) < 4.78 is 37.7. The van der Waals surface area contributed by atoms with Crippen LogP contribution in [0, 0.1) is 0 Å². The second-order valence-corrected chi connectivity index (χ2v) is 9.56. The van der Waals surface area contributed by atoms with E-state index in [1.165, 1.54) is 6.08 Å². The van der Waals surface area contributed by atoms with E-state index in [4.69, 9.17) is 21.1 Å². The van der Waals surface area contributed by atoms with E-state index in [2.05, 4.69) is 0 Å². The number of carbonyl (C=O) groups is 1. The number of carbonyl (C=O) groups excluding carboxylic acids is 1. The average molecular weight is 464 g/mol. The SMILES string of the molecule is O=C(C=Cc1ccc(S(=O)(=O)N2CCCCCC2)cc1)OCCOc1ccc(Cl)cc1. The molecule has 0 N–H and O–H groups in total. The largest absolute Gasteiger partial charge is 0.490 e. The van der Waals surface area contributed by atoms with Gasteiger partial charge in [-0.3, -0.25) is 0 Å². The van der Waals surface area contributed by atoms with Gasteiger partial charge in [0, 0.05) is 24.2 Å². The van der Waals surface area contributed by atoms with Crippen molar-refractivity contribution in [3.8, 4) is 5.75 Å². The summed E-state index contributed by atoms with van der Waals surface area (Å²) in [7, 11) is -3.48. The van der Waals surface area contributed by atoms with Gasteiger partial charge in [-0.1, -0.05) is 36.6 Å². The van der Waals surface area contributed by atoms with Gasteiger partial charge in [-0.2, -0.15) is 4.31 Å². The number of rotatable bonds is 8. The molecule has 2 aromatic rings. The molecule has 1 saturated heterocycles. The van der Waals surface area contributed by atoms with E-state index >= 15 is 0 Å². The molecular weight excluding hydrogens is 438 g/mol. The van der Waals surface area contributed by atoms with Crippen molar-refractivity contribution < 1.29 is 22.7 Å². The van der Waals surface area contributed by atoms with Crippen LogP contribution in [0.15, 0.2) is 59.5 Å². The smallest absolute Gasteiger partial charge is 0.330 e. The molecule has 0 atom stereocenters. The number of esters is 1. The Hall–Kier alpha value is -2.35. The Morgan fingerprint density at radius 3 is 2.23 bits per heavy atom. The minimum Gasteiger partial charge on any atom is -0.490 e. The van der Waals surface area contributed by atoms with Gasteiger partial charge in [0.2, 0.25) is 10.0 Å². The molecular formula is C23H26ClNO5S. The summed E-state index contributed by atoms with van der Waals surface area (Å²) in [4.78, 5) is 12.1. The Labute approximate surface area is 188 Å². The van der Waals surface area contributed by atoms with Gasteiger partial charge in [0.1, 0.15) is 19.0 Å². The summed E-state index contributed by atoms with van der Waals surface area (Å²) in [5.74, 6) is 0.146. The Morgan fingerprint density at radius 2 is 1.58 bits per heavy atom. The minimum absolute atomic E-state index is 0.110. The zero-order valence-corrected chi connectivity index (χ0v) is 18.8. The number of hydrogen-bond donors (Lipinski definition) is 0. The van der Waals surface area contributed by atoms with Crippen molar-refractivity contribution in [2.75, 3.05) is 26.3 Å². The number of benzene rings is 2. The highest BCUT2D eigenvalue weighted by Gasteiger charge is 2.24. The van der Waals surface area contributed by atoms with Crippen LogP contribution in [0.4, 0.5) is 0 Å². The maximum Gasteiger partial charge on any atom is 0.330 e. The molecule has 0 spiro atoms. The van der Waals surface area contributed by atoms with Gasteiger partial charge in [0.05, 0.1) is 4.90 Å². The maximum atomic E-state index is 12.8. The van der Waals surface area contributed by atoms with E-state index < -0.39 is 16.0 Å². The fourth-order valence-electron chi connectivity index (χ4n) is 3.23. The quantitative estimate of drug-likeness (QED) is 0.326. The number of hydrogen-bond acceptors (Lipinski definition) is 5. The van der Waals surface area contributed by atoms with Crippen molar-refractivity contribution in [2.45, 2.75) is 30.6 Å². The first-order valence-corrected chi connectivity index (χ1v) is 12.1. The number of sulfonamides is 1. The van der Waals surface area contributed by atoms with Crippen LogP contribution in [0.1, 0.15) is 31.2 Å². The molecule has 0 unspecified atom stereocenters. The number of halogens is 1. The molecule has 2 aromatic carbocycles. The van der Waals surface area contributed by atoms with Crippen molar-refractivity contribution in [1.82, 2.24) is 4.31 Å². The van der Waals surface area contributed by atoms with Crippen LogP contribution in [-0.4, -0.2) is 45.0 Å². The molecule has 0 aromatic heterocycles. The summed E-state index contributed by atoms with van der Waals surface area (Å²) in [6.07, 6.45) is 6.82. The van der Waals surface area contributed by atoms with Crippen molar-refractivity contribution in [3.05, 3.63) is 65.2 Å². The second-order valence-electron chi connectivity index (χ2n) is 7.19. The molecule has 166 valence electrons. The first-order valence-electron chi connectivity index (χ1n) is 10.3. The summed E-state index contributed by atoms with van der Waals surface area (Å²) in [6, 6.07) is 13.4. The lowest BCUT2D eigenvalue weighted by molar-refractivity contribution is -0.138. The van der Waals surface area contributed by atoms with Gasteiger partial charge in [-0.05, 0) is 60.9 Å². The van der Waals surface area contributed by atoms with Gasteiger partial charge in [0.15, 0.2) is 0 Å². The minimum atomic E-state index is -3.48. The Bertz CT molecular complexity index is 980. The summed E-state index contributed by atoms with van der Waals surface area (Å²) in [6.45, 7) is 1.47. The van der Waals surface area contributed by atoms with Crippen LogP contribution in [0.5, 0.6) is 5.75 Å². The number of nitrogens with zero attached hydrogens (tertiary/aromatic N) is 1. The van der Waals surface area contributed by atoms with Crippen LogP contribution < -0.4 is 4.74 Å². The third-order valence-electron chi connectivity index (χ3n) is 4.90. The van der Waals surface area contributed by atoms with Gasteiger partial charge in [-0.15, -0.1) is 0 Å². The average Bonchev–Trinajstić information content (AvgIpc) is 3.07. The Morgan fingerprint density at radius 1 is 0.935 bits per heavy atom. The number of ether oxygens (including phenoxy) is 2. The first kappa shape index (κ1) is 23.3. The monoisotopic (exact) mass is 463 g/mol. The fraction of sp³-hybridized carbons (Fsp3) is 0.348. The summed E-state index contributed by atoms with van der Waals surface area (Å²) in [5, 5.41) is 0.622. The third kappa shape index (κ3) is 7.09. The van der Waals surface area contributed by atoms with Crippen molar-refractivity contribution >= 4 is 33.7 Å². The summed E-state index contributed by atoms with van der Waals surface area (Å²) in [5.41, 5.74) is 0.712. The third-order valence-corrected chi connectivity index (χ3v) is 7.07. The standard InChI is InChI=1S/C23H26ClNO5S/c24-20-8-10-21(11-9-20)29-17-18-30-23(26)14-7-19-5-12-22(13-6-19)31(27,28)25-15-3-1-2-4-16-25/h5-14H,1-4,15-18H2. The highest BCUT2D eigenvalue weighted by atomic mass is 35.5. The molecule has 1 aliphatic rings. The highest BCUT2D eigenvalue weighted by molar-refractivity contribution is 7.89. The lowest BCUT2D eigenvalue weighted by Gasteiger charge is -2.19. The van der Waals surface area contributed by atoms with E-state index in [0.29, 0.717) is 29.4 Å². The molecule has 0 radical (unpaired) electrons. The van der Waals surface area contributed by atoms with Crippen molar-refractivity contribution in [1.29, 1.82) is 0 Å². The van der Waals surface area contributed by atoms with E-state index in [-0.39, 0.29) is 18.1 Å². The molecule has 0 bridgehead atoms. The normalized spacial score (nSPS) is 15.5. The van der Waals surface area contributed by atoms with E-state index in [1.807, 2.05) is 0 Å². The Balaban J connectivity index is 1.47. The molecule has 0 saturated carbocycles. The molecule has 3 rings (SSSR count). The summed E-state index contributed by atoms with van der Waals surface area (Å²) >= 11 is 5.81. The van der Waals surface area contributed by atoms with Crippen LogP contribution in [0.25, 0.3) is 6.08 Å². The molecule has 31 heavy (non-hydrogen) atoms. The molecule has 1 fully saturated rings.